The third-order valence-electron chi connectivity index (χ3n) is 3.72. The quantitative estimate of drug-likeness (QED) is 0.580. The lowest BCUT2D eigenvalue weighted by molar-refractivity contribution is -0.160. The molecule has 0 aliphatic carbocycles. The summed E-state index contributed by atoms with van der Waals surface area (Å²) < 4.78 is 5.46. The maximum atomic E-state index is 12.3. The standard InChI is InChI=1S/C22H27NO2/c1-21(2,3)25-20(24)22(4,5)23-16-19-14-10-9-13-18(19)15-17-11-7-6-8-12-17/h6-14,16H,15H2,1-5H3/b23-16+. The van der Waals surface area contributed by atoms with Crippen LogP contribution in [0.1, 0.15) is 51.3 Å². The molecular weight excluding hydrogens is 310 g/mol. The van der Waals surface area contributed by atoms with Gasteiger partial charge in [-0.05, 0) is 57.7 Å². The van der Waals surface area contributed by atoms with E-state index in [2.05, 4.69) is 23.2 Å². The lowest BCUT2D eigenvalue weighted by Gasteiger charge is -2.25. The molecule has 0 unspecified atom stereocenters. The van der Waals surface area contributed by atoms with Crippen LogP contribution in [0.5, 0.6) is 0 Å². The average molecular weight is 337 g/mol. The van der Waals surface area contributed by atoms with Gasteiger partial charge in [-0.15, -0.1) is 0 Å². The first-order chi connectivity index (χ1) is 11.7. The van der Waals surface area contributed by atoms with Gasteiger partial charge in [-0.2, -0.15) is 0 Å². The summed E-state index contributed by atoms with van der Waals surface area (Å²) in [5, 5.41) is 0. The third-order valence-corrected chi connectivity index (χ3v) is 3.72. The Bertz CT molecular complexity index is 740. The highest BCUT2D eigenvalue weighted by atomic mass is 16.6. The number of benzene rings is 2. The minimum atomic E-state index is -0.923. The summed E-state index contributed by atoms with van der Waals surface area (Å²) in [6.07, 6.45) is 2.61. The van der Waals surface area contributed by atoms with E-state index < -0.39 is 11.1 Å². The van der Waals surface area contributed by atoms with Gasteiger partial charge in [0.25, 0.3) is 0 Å². The zero-order chi connectivity index (χ0) is 18.5. The minimum Gasteiger partial charge on any atom is -0.458 e. The Kier molecular flexibility index (Phi) is 5.78. The van der Waals surface area contributed by atoms with Gasteiger partial charge < -0.3 is 4.74 Å². The molecule has 0 saturated carbocycles. The van der Waals surface area contributed by atoms with Crippen molar-refractivity contribution >= 4 is 12.2 Å². The predicted octanol–water partition coefficient (Wildman–Crippen LogP) is 4.82. The van der Waals surface area contributed by atoms with Crippen LogP contribution in [0.2, 0.25) is 0 Å². The van der Waals surface area contributed by atoms with Crippen LogP contribution in [-0.4, -0.2) is 23.3 Å². The van der Waals surface area contributed by atoms with Gasteiger partial charge in [-0.25, -0.2) is 4.79 Å². The third kappa shape index (κ3) is 5.86. The van der Waals surface area contributed by atoms with Gasteiger partial charge in [0.15, 0.2) is 5.54 Å². The molecule has 0 aliphatic heterocycles. The summed E-state index contributed by atoms with van der Waals surface area (Å²) >= 11 is 0. The molecule has 25 heavy (non-hydrogen) atoms. The normalized spacial score (nSPS) is 12.4. The fourth-order valence-corrected chi connectivity index (χ4v) is 2.32. The Balaban J connectivity index is 2.19. The molecule has 0 spiro atoms. The fraction of sp³-hybridized carbons (Fsp3) is 0.364. The van der Waals surface area contributed by atoms with Crippen molar-refractivity contribution < 1.29 is 9.53 Å². The lowest BCUT2D eigenvalue weighted by Crippen LogP contribution is -2.37. The summed E-state index contributed by atoms with van der Waals surface area (Å²) in [6, 6.07) is 18.4. The van der Waals surface area contributed by atoms with Crippen molar-refractivity contribution in [3.8, 4) is 0 Å². The van der Waals surface area contributed by atoms with Crippen LogP contribution in [-0.2, 0) is 16.0 Å². The van der Waals surface area contributed by atoms with Gasteiger partial charge in [-0.3, -0.25) is 4.99 Å². The first-order valence-corrected chi connectivity index (χ1v) is 8.58. The molecule has 0 radical (unpaired) electrons. The second kappa shape index (κ2) is 7.64. The van der Waals surface area contributed by atoms with E-state index in [1.807, 2.05) is 57.2 Å². The summed E-state index contributed by atoms with van der Waals surface area (Å²) in [4.78, 5) is 16.9. The number of carbonyl (C=O) groups excluding carboxylic acids is 1. The molecule has 3 nitrogen and oxygen atoms in total. The van der Waals surface area contributed by atoms with Crippen LogP contribution >= 0.6 is 0 Å². The average Bonchev–Trinajstić information content (AvgIpc) is 2.53. The Hall–Kier alpha value is -2.42. The van der Waals surface area contributed by atoms with Crippen molar-refractivity contribution in [2.24, 2.45) is 4.99 Å². The van der Waals surface area contributed by atoms with E-state index in [4.69, 9.17) is 4.74 Å². The molecule has 0 bridgehead atoms. The summed E-state index contributed by atoms with van der Waals surface area (Å²) in [6.45, 7) is 9.13. The Labute approximate surface area is 150 Å². The Morgan fingerprint density at radius 3 is 2.20 bits per heavy atom. The minimum absolute atomic E-state index is 0.322. The highest BCUT2D eigenvalue weighted by molar-refractivity contribution is 5.87. The van der Waals surface area contributed by atoms with Crippen molar-refractivity contribution in [1.29, 1.82) is 0 Å². The maximum Gasteiger partial charge on any atom is 0.333 e. The van der Waals surface area contributed by atoms with Gasteiger partial charge in [0.1, 0.15) is 5.60 Å². The van der Waals surface area contributed by atoms with E-state index >= 15 is 0 Å². The summed E-state index contributed by atoms with van der Waals surface area (Å²) in [5.41, 5.74) is 2.00. The second-order valence-corrected chi connectivity index (χ2v) is 7.68. The molecule has 2 aromatic carbocycles. The topological polar surface area (TPSA) is 38.7 Å². The number of rotatable bonds is 5. The van der Waals surface area contributed by atoms with Crippen molar-refractivity contribution in [1.82, 2.24) is 0 Å². The first kappa shape index (κ1) is 18.9. The number of carbonyl (C=O) groups is 1. The number of hydrogen-bond donors (Lipinski definition) is 0. The molecule has 0 heterocycles. The van der Waals surface area contributed by atoms with E-state index in [1.54, 1.807) is 20.1 Å². The van der Waals surface area contributed by atoms with Crippen LogP contribution in [0.3, 0.4) is 0 Å². The van der Waals surface area contributed by atoms with Gasteiger partial charge in [0.05, 0.1) is 0 Å². The van der Waals surface area contributed by atoms with E-state index in [0.29, 0.717) is 0 Å². The van der Waals surface area contributed by atoms with Crippen LogP contribution in [0.4, 0.5) is 0 Å². The van der Waals surface area contributed by atoms with E-state index in [1.165, 1.54) is 11.1 Å². The number of hydrogen-bond acceptors (Lipinski definition) is 3. The molecule has 2 rings (SSSR count). The molecular formula is C22H27NO2. The Morgan fingerprint density at radius 2 is 1.56 bits per heavy atom. The van der Waals surface area contributed by atoms with Gasteiger partial charge in [-0.1, -0.05) is 54.6 Å². The smallest absolute Gasteiger partial charge is 0.333 e. The van der Waals surface area contributed by atoms with Crippen molar-refractivity contribution in [2.45, 2.75) is 52.2 Å². The van der Waals surface area contributed by atoms with E-state index in [-0.39, 0.29) is 5.97 Å². The highest BCUT2D eigenvalue weighted by Gasteiger charge is 2.31. The van der Waals surface area contributed by atoms with Crippen LogP contribution in [0.15, 0.2) is 59.6 Å². The molecule has 0 aromatic heterocycles. The summed E-state index contributed by atoms with van der Waals surface area (Å²) in [5.74, 6) is -0.322. The molecule has 3 heteroatoms. The number of aliphatic imine (C=N–C) groups is 1. The Morgan fingerprint density at radius 1 is 0.960 bits per heavy atom. The molecule has 0 saturated heterocycles. The molecule has 0 aliphatic rings. The van der Waals surface area contributed by atoms with Crippen LogP contribution in [0, 0.1) is 0 Å². The van der Waals surface area contributed by atoms with E-state index in [0.717, 1.165) is 12.0 Å². The molecule has 2 aromatic rings. The van der Waals surface area contributed by atoms with Crippen molar-refractivity contribution in [3.05, 3.63) is 71.3 Å². The number of esters is 1. The molecule has 0 amide bonds. The monoisotopic (exact) mass is 337 g/mol. The lowest BCUT2D eigenvalue weighted by atomic mass is 10.00. The number of nitrogens with zero attached hydrogens (tertiary/aromatic N) is 1. The van der Waals surface area contributed by atoms with Gasteiger partial charge in [0, 0.05) is 6.21 Å². The largest absolute Gasteiger partial charge is 0.458 e. The number of ether oxygens (including phenoxy) is 1. The maximum absolute atomic E-state index is 12.3. The van der Waals surface area contributed by atoms with Gasteiger partial charge >= 0.3 is 5.97 Å². The fourth-order valence-electron chi connectivity index (χ4n) is 2.32. The van der Waals surface area contributed by atoms with Crippen molar-refractivity contribution in [3.63, 3.8) is 0 Å². The van der Waals surface area contributed by atoms with Crippen molar-refractivity contribution in [2.75, 3.05) is 0 Å². The first-order valence-electron chi connectivity index (χ1n) is 8.58. The SMILES string of the molecule is CC(C)(C)OC(=O)C(C)(C)/N=C/c1ccccc1Cc1ccccc1. The van der Waals surface area contributed by atoms with Crippen LogP contribution < -0.4 is 0 Å². The van der Waals surface area contributed by atoms with E-state index in [9.17, 15) is 4.79 Å². The zero-order valence-corrected chi connectivity index (χ0v) is 15.7. The molecule has 0 N–H and O–H groups in total. The van der Waals surface area contributed by atoms with Gasteiger partial charge in [0.2, 0.25) is 0 Å². The second-order valence-electron chi connectivity index (χ2n) is 7.68. The molecule has 132 valence electrons. The van der Waals surface area contributed by atoms with Crippen LogP contribution in [0.25, 0.3) is 0 Å². The molecule has 0 fully saturated rings. The zero-order valence-electron chi connectivity index (χ0n) is 15.7. The predicted molar refractivity (Wildman–Crippen MR) is 103 cm³/mol. The molecule has 0 atom stereocenters. The highest BCUT2D eigenvalue weighted by Crippen LogP contribution is 2.19. The summed E-state index contributed by atoms with van der Waals surface area (Å²) in [7, 11) is 0.